The van der Waals surface area contributed by atoms with Crippen molar-refractivity contribution in [1.82, 2.24) is 9.97 Å². The molecular weight excluding hydrogens is 230 g/mol. The van der Waals surface area contributed by atoms with Gasteiger partial charge in [0.2, 0.25) is 0 Å². The Hall–Kier alpha value is -2.43. The number of aromatic carboxylic acids is 1. The van der Waals surface area contributed by atoms with Gasteiger partial charge in [-0.2, -0.15) is 0 Å². The van der Waals surface area contributed by atoms with Crippen LogP contribution in [0.4, 0.5) is 11.5 Å². The summed E-state index contributed by atoms with van der Waals surface area (Å²) in [6, 6.07) is 10.9. The Kier molecular flexibility index (Phi) is 3.52. The van der Waals surface area contributed by atoms with E-state index in [2.05, 4.69) is 15.3 Å². The number of nitrogens with zero attached hydrogens (tertiary/aromatic N) is 2. The summed E-state index contributed by atoms with van der Waals surface area (Å²) in [6.07, 6.45) is 0.588. The molecule has 0 fully saturated rings. The molecule has 18 heavy (non-hydrogen) atoms. The van der Waals surface area contributed by atoms with Crippen LogP contribution in [0.5, 0.6) is 0 Å². The lowest BCUT2D eigenvalue weighted by molar-refractivity contribution is 0.0690. The van der Waals surface area contributed by atoms with Crippen LogP contribution < -0.4 is 5.32 Å². The second-order valence-corrected chi connectivity index (χ2v) is 3.70. The fourth-order valence-electron chi connectivity index (χ4n) is 1.50. The first-order chi connectivity index (χ1) is 8.69. The third-order valence-electron chi connectivity index (χ3n) is 2.35. The van der Waals surface area contributed by atoms with Crippen molar-refractivity contribution in [2.24, 2.45) is 0 Å². The Morgan fingerprint density at radius 2 is 2.00 bits per heavy atom. The second-order valence-electron chi connectivity index (χ2n) is 3.70. The highest BCUT2D eigenvalue weighted by atomic mass is 16.4. The summed E-state index contributed by atoms with van der Waals surface area (Å²) in [4.78, 5) is 19.1. The van der Waals surface area contributed by atoms with E-state index in [1.807, 2.05) is 37.3 Å². The van der Waals surface area contributed by atoms with Crippen molar-refractivity contribution in [2.75, 3.05) is 5.32 Å². The zero-order valence-corrected chi connectivity index (χ0v) is 9.92. The summed E-state index contributed by atoms with van der Waals surface area (Å²) >= 11 is 0. The van der Waals surface area contributed by atoms with Crippen molar-refractivity contribution in [1.29, 1.82) is 0 Å². The van der Waals surface area contributed by atoms with Crippen molar-refractivity contribution < 1.29 is 9.90 Å². The predicted octanol–water partition coefficient (Wildman–Crippen LogP) is 2.48. The summed E-state index contributed by atoms with van der Waals surface area (Å²) in [5.41, 5.74) is 0.856. The molecule has 2 rings (SSSR count). The number of benzene rings is 1. The Labute approximate surface area is 105 Å². The number of para-hydroxylation sites is 1. The van der Waals surface area contributed by atoms with Crippen LogP contribution in [0.2, 0.25) is 0 Å². The van der Waals surface area contributed by atoms with Gasteiger partial charge in [0.05, 0.1) is 0 Å². The van der Waals surface area contributed by atoms with Gasteiger partial charge in [-0.05, 0) is 12.1 Å². The molecular formula is C13H13N3O2. The minimum absolute atomic E-state index is 0.000260. The normalized spacial score (nSPS) is 10.1. The number of aromatic nitrogens is 2. The number of hydrogen-bond donors (Lipinski definition) is 2. The molecule has 0 spiro atoms. The van der Waals surface area contributed by atoms with E-state index in [-0.39, 0.29) is 5.69 Å². The van der Waals surface area contributed by atoms with Crippen molar-refractivity contribution in [2.45, 2.75) is 13.3 Å². The van der Waals surface area contributed by atoms with Crippen LogP contribution in [-0.4, -0.2) is 21.0 Å². The molecule has 5 heteroatoms. The molecule has 1 heterocycles. The first-order valence-electron chi connectivity index (χ1n) is 5.62. The maximum absolute atomic E-state index is 11.0. The number of carbonyl (C=O) groups is 1. The summed E-state index contributed by atoms with van der Waals surface area (Å²) in [6.45, 7) is 1.88. The molecule has 1 aromatic heterocycles. The van der Waals surface area contributed by atoms with E-state index in [4.69, 9.17) is 5.11 Å². The number of carboxylic acid groups (broad SMARTS) is 1. The highest BCUT2D eigenvalue weighted by Crippen LogP contribution is 2.15. The standard InChI is InChI=1S/C13H13N3O2/c1-2-11-15-10(13(17)18)8-12(16-11)14-9-6-4-3-5-7-9/h3-8H,2H2,1H3,(H,17,18)(H,14,15,16). The van der Waals surface area contributed by atoms with Gasteiger partial charge in [0, 0.05) is 18.2 Å². The van der Waals surface area contributed by atoms with E-state index in [9.17, 15) is 4.79 Å². The molecule has 0 aliphatic heterocycles. The van der Waals surface area contributed by atoms with Gasteiger partial charge in [-0.25, -0.2) is 14.8 Å². The van der Waals surface area contributed by atoms with E-state index < -0.39 is 5.97 Å². The van der Waals surface area contributed by atoms with Crippen molar-refractivity contribution >= 4 is 17.5 Å². The van der Waals surface area contributed by atoms with Crippen LogP contribution in [0.25, 0.3) is 0 Å². The van der Waals surface area contributed by atoms with Crippen LogP contribution in [0.1, 0.15) is 23.2 Å². The van der Waals surface area contributed by atoms with Crippen molar-refractivity contribution in [3.63, 3.8) is 0 Å². The van der Waals surface area contributed by atoms with E-state index in [0.717, 1.165) is 5.69 Å². The molecule has 2 N–H and O–H groups in total. The minimum Gasteiger partial charge on any atom is -0.477 e. The zero-order valence-electron chi connectivity index (χ0n) is 9.92. The molecule has 0 bridgehead atoms. The number of anilines is 2. The number of rotatable bonds is 4. The topological polar surface area (TPSA) is 75.1 Å². The largest absolute Gasteiger partial charge is 0.477 e. The molecule has 0 saturated carbocycles. The predicted molar refractivity (Wildman–Crippen MR) is 68.1 cm³/mol. The molecule has 0 unspecified atom stereocenters. The number of nitrogens with one attached hydrogen (secondary N) is 1. The lowest BCUT2D eigenvalue weighted by Gasteiger charge is -2.07. The molecule has 0 aliphatic rings. The molecule has 0 saturated heterocycles. The Morgan fingerprint density at radius 1 is 1.28 bits per heavy atom. The molecule has 2 aromatic rings. The average molecular weight is 243 g/mol. The van der Waals surface area contributed by atoms with E-state index >= 15 is 0 Å². The molecule has 92 valence electrons. The fraction of sp³-hybridized carbons (Fsp3) is 0.154. The molecule has 0 radical (unpaired) electrons. The summed E-state index contributed by atoms with van der Waals surface area (Å²) in [5, 5.41) is 12.0. The monoisotopic (exact) mass is 243 g/mol. The van der Waals surface area contributed by atoms with E-state index in [0.29, 0.717) is 18.1 Å². The van der Waals surface area contributed by atoms with Crippen LogP contribution >= 0.6 is 0 Å². The fourth-order valence-corrected chi connectivity index (χ4v) is 1.50. The summed E-state index contributed by atoms with van der Waals surface area (Å²) in [7, 11) is 0. The van der Waals surface area contributed by atoms with Gasteiger partial charge in [-0.3, -0.25) is 0 Å². The van der Waals surface area contributed by atoms with E-state index in [1.54, 1.807) is 0 Å². The minimum atomic E-state index is -1.05. The first kappa shape index (κ1) is 12.0. The lowest BCUT2D eigenvalue weighted by atomic mass is 10.3. The first-order valence-corrected chi connectivity index (χ1v) is 5.62. The molecule has 0 amide bonds. The van der Waals surface area contributed by atoms with Gasteiger partial charge in [-0.1, -0.05) is 25.1 Å². The van der Waals surface area contributed by atoms with Crippen LogP contribution in [-0.2, 0) is 6.42 Å². The number of hydrogen-bond acceptors (Lipinski definition) is 4. The second kappa shape index (κ2) is 5.27. The molecule has 0 aliphatic carbocycles. The van der Waals surface area contributed by atoms with Crippen molar-refractivity contribution in [3.8, 4) is 0 Å². The van der Waals surface area contributed by atoms with Crippen LogP contribution in [0.15, 0.2) is 36.4 Å². The van der Waals surface area contributed by atoms with Crippen LogP contribution in [0.3, 0.4) is 0 Å². The van der Waals surface area contributed by atoms with Crippen LogP contribution in [0, 0.1) is 0 Å². The molecule has 0 atom stereocenters. The Bertz CT molecular complexity index is 555. The molecule has 5 nitrogen and oxygen atoms in total. The average Bonchev–Trinajstić information content (AvgIpc) is 2.39. The quantitative estimate of drug-likeness (QED) is 0.862. The van der Waals surface area contributed by atoms with E-state index in [1.165, 1.54) is 6.07 Å². The third kappa shape index (κ3) is 2.82. The Balaban J connectivity index is 2.32. The van der Waals surface area contributed by atoms with Gasteiger partial charge >= 0.3 is 5.97 Å². The maximum atomic E-state index is 11.0. The smallest absolute Gasteiger partial charge is 0.354 e. The third-order valence-corrected chi connectivity index (χ3v) is 2.35. The van der Waals surface area contributed by atoms with Gasteiger partial charge in [0.1, 0.15) is 11.6 Å². The van der Waals surface area contributed by atoms with Crippen molar-refractivity contribution in [3.05, 3.63) is 47.9 Å². The lowest BCUT2D eigenvalue weighted by Crippen LogP contribution is -2.07. The SMILES string of the molecule is CCc1nc(Nc2ccccc2)cc(C(=O)O)n1. The van der Waals surface area contributed by atoms with Gasteiger partial charge in [0.25, 0.3) is 0 Å². The Morgan fingerprint density at radius 3 is 2.61 bits per heavy atom. The highest BCUT2D eigenvalue weighted by Gasteiger charge is 2.09. The van der Waals surface area contributed by atoms with Gasteiger partial charge in [0.15, 0.2) is 5.69 Å². The maximum Gasteiger partial charge on any atom is 0.354 e. The molecule has 1 aromatic carbocycles. The highest BCUT2D eigenvalue weighted by molar-refractivity contribution is 5.86. The van der Waals surface area contributed by atoms with Gasteiger partial charge < -0.3 is 10.4 Å². The number of aryl methyl sites for hydroxylation is 1. The summed E-state index contributed by atoms with van der Waals surface area (Å²) in [5.74, 6) is -0.0537. The van der Waals surface area contributed by atoms with Gasteiger partial charge in [-0.15, -0.1) is 0 Å². The summed E-state index contributed by atoms with van der Waals surface area (Å²) < 4.78 is 0. The zero-order chi connectivity index (χ0) is 13.0. The number of carboxylic acids is 1.